The fourth-order valence-corrected chi connectivity index (χ4v) is 8.79. The predicted molar refractivity (Wildman–Crippen MR) is 170 cm³/mol. The molecule has 4 bridgehead atoms. The summed E-state index contributed by atoms with van der Waals surface area (Å²) >= 11 is 13.6. The fraction of sp³-hybridized carbons (Fsp3) is 0.576. The maximum atomic E-state index is 16.8. The number of nitrogens with one attached hydrogen (secondary N) is 1. The van der Waals surface area contributed by atoms with Crippen LogP contribution in [0, 0.1) is 5.82 Å². The van der Waals surface area contributed by atoms with Crippen LogP contribution in [0.15, 0.2) is 24.3 Å². The maximum Gasteiger partial charge on any atom is 0.320 e. The van der Waals surface area contributed by atoms with Crippen LogP contribution in [-0.4, -0.2) is 77.5 Å². The third kappa shape index (κ3) is 5.27. The highest BCUT2D eigenvalue weighted by Crippen LogP contribution is 2.50. The van der Waals surface area contributed by atoms with Gasteiger partial charge >= 0.3 is 6.01 Å². The van der Waals surface area contributed by atoms with Gasteiger partial charge < -0.3 is 15.0 Å². The second kappa shape index (κ2) is 11.3. The standard InChI is InChI=1S/C33H39Cl2FN6O/c1-40(17-42-22-4-2-5-23(42)13-12-22)18-43-33-38-31-25(32(39-33)41-15-20-10-11-21(16-41)37-20)14-27(35)29(30(31)36)24-6-3-7-26(34)28(24)19-8-9-19/h3,6-7,14,19-23,37H,2,4-5,8-13,15-18H2,1H3. The Labute approximate surface area is 262 Å². The molecular weight excluding hydrogens is 586 g/mol. The number of piperidine rings is 1. The van der Waals surface area contributed by atoms with Gasteiger partial charge in [0.05, 0.1) is 11.7 Å². The second-order valence-corrected chi connectivity index (χ2v) is 14.2. The van der Waals surface area contributed by atoms with Gasteiger partial charge in [0.1, 0.15) is 18.1 Å². The molecule has 5 aliphatic rings. The van der Waals surface area contributed by atoms with E-state index in [1.807, 2.05) is 24.3 Å². The van der Waals surface area contributed by atoms with Gasteiger partial charge in [0.25, 0.3) is 0 Å². The molecule has 4 aliphatic heterocycles. The zero-order valence-corrected chi connectivity index (χ0v) is 26.2. The van der Waals surface area contributed by atoms with E-state index >= 15 is 4.39 Å². The second-order valence-electron chi connectivity index (χ2n) is 13.4. The van der Waals surface area contributed by atoms with Gasteiger partial charge in [-0.3, -0.25) is 9.80 Å². The zero-order chi connectivity index (χ0) is 29.2. The Morgan fingerprint density at radius 2 is 1.72 bits per heavy atom. The van der Waals surface area contributed by atoms with Crippen molar-refractivity contribution in [2.45, 2.75) is 87.9 Å². The van der Waals surface area contributed by atoms with Gasteiger partial charge in [-0.15, -0.1) is 0 Å². The Morgan fingerprint density at radius 1 is 0.977 bits per heavy atom. The smallest absolute Gasteiger partial charge is 0.320 e. The number of halogens is 3. The zero-order valence-electron chi connectivity index (χ0n) is 24.7. The molecule has 0 spiro atoms. The Kier molecular flexibility index (Phi) is 7.42. The number of fused-ring (bicyclic) bond motifs is 5. The first-order valence-corrected chi connectivity index (χ1v) is 16.7. The molecule has 1 saturated carbocycles. The van der Waals surface area contributed by atoms with Crippen LogP contribution in [0.5, 0.6) is 6.01 Å². The van der Waals surface area contributed by atoms with Crippen LogP contribution in [0.25, 0.3) is 22.0 Å². The molecule has 4 atom stereocenters. The van der Waals surface area contributed by atoms with Crippen LogP contribution in [-0.2, 0) is 0 Å². The Hall–Kier alpha value is -2.23. The predicted octanol–water partition coefficient (Wildman–Crippen LogP) is 6.80. The van der Waals surface area contributed by atoms with Gasteiger partial charge in [0, 0.05) is 53.2 Å². The summed E-state index contributed by atoms with van der Waals surface area (Å²) in [5.74, 6) is 0.573. The van der Waals surface area contributed by atoms with E-state index < -0.39 is 5.82 Å². The van der Waals surface area contributed by atoms with Gasteiger partial charge in [-0.1, -0.05) is 41.8 Å². The van der Waals surface area contributed by atoms with E-state index in [-0.39, 0.29) is 11.5 Å². The normalized spacial score (nSPS) is 27.0. The molecule has 1 aliphatic carbocycles. The highest BCUT2D eigenvalue weighted by Gasteiger charge is 2.37. The van der Waals surface area contributed by atoms with Gasteiger partial charge in [0.2, 0.25) is 0 Å². The van der Waals surface area contributed by atoms with Crippen LogP contribution in [0.4, 0.5) is 10.2 Å². The minimum Gasteiger partial charge on any atom is -0.447 e. The fourth-order valence-electron chi connectivity index (χ4n) is 8.17. The van der Waals surface area contributed by atoms with Crippen molar-refractivity contribution in [1.29, 1.82) is 0 Å². The molecule has 4 unspecified atom stereocenters. The monoisotopic (exact) mass is 624 g/mol. The average molecular weight is 626 g/mol. The summed E-state index contributed by atoms with van der Waals surface area (Å²) in [5.41, 5.74) is 2.32. The van der Waals surface area contributed by atoms with E-state index in [0.717, 1.165) is 56.6 Å². The number of benzene rings is 2. The highest BCUT2D eigenvalue weighted by atomic mass is 35.5. The van der Waals surface area contributed by atoms with Crippen molar-refractivity contribution in [3.63, 3.8) is 0 Å². The molecule has 3 aromatic rings. The maximum absolute atomic E-state index is 16.8. The van der Waals surface area contributed by atoms with Gasteiger partial charge in [0.15, 0.2) is 5.82 Å². The first-order valence-electron chi connectivity index (χ1n) is 16.0. The summed E-state index contributed by atoms with van der Waals surface area (Å²) in [6, 6.07) is 9.85. The van der Waals surface area contributed by atoms with Crippen molar-refractivity contribution in [3.8, 4) is 17.1 Å². The third-order valence-electron chi connectivity index (χ3n) is 10.3. The van der Waals surface area contributed by atoms with Crippen LogP contribution in [0.1, 0.15) is 69.3 Å². The SMILES string of the molecule is CN(COc1nc(N2CC3CCC(C2)N3)c2cc(Cl)c(-c3cccc(Cl)c3C3CC3)c(F)c2n1)CN1C2CCCC1CC2. The quantitative estimate of drug-likeness (QED) is 0.276. The van der Waals surface area contributed by atoms with Crippen molar-refractivity contribution in [2.24, 2.45) is 0 Å². The minimum absolute atomic E-state index is 0.197. The molecule has 43 heavy (non-hydrogen) atoms. The molecule has 5 heterocycles. The van der Waals surface area contributed by atoms with E-state index in [9.17, 15) is 0 Å². The van der Waals surface area contributed by atoms with Gasteiger partial charge in [-0.25, -0.2) is 4.39 Å². The average Bonchev–Trinajstić information content (AvgIpc) is 3.74. The summed E-state index contributed by atoms with van der Waals surface area (Å²) in [5, 5.41) is 5.31. The summed E-state index contributed by atoms with van der Waals surface area (Å²) in [6.07, 6.45) is 10.9. The summed E-state index contributed by atoms with van der Waals surface area (Å²) < 4.78 is 23.0. The number of anilines is 1. The van der Waals surface area contributed by atoms with Crippen LogP contribution in [0.3, 0.4) is 0 Å². The third-order valence-corrected chi connectivity index (χ3v) is 11.0. The molecule has 1 N–H and O–H groups in total. The molecule has 228 valence electrons. The molecule has 8 rings (SSSR count). The van der Waals surface area contributed by atoms with Gasteiger partial charge in [-0.05, 0) is 87.6 Å². The lowest BCUT2D eigenvalue weighted by molar-refractivity contribution is 0.0350. The van der Waals surface area contributed by atoms with Gasteiger partial charge in [-0.2, -0.15) is 9.97 Å². The summed E-state index contributed by atoms with van der Waals surface area (Å²) in [4.78, 5) is 16.7. The van der Waals surface area contributed by atoms with Crippen molar-refractivity contribution in [1.82, 2.24) is 25.1 Å². The summed E-state index contributed by atoms with van der Waals surface area (Å²) in [6.45, 7) is 2.79. The molecule has 0 radical (unpaired) electrons. The molecule has 5 fully saturated rings. The molecular formula is C33H39Cl2FN6O. The molecule has 7 nitrogen and oxygen atoms in total. The van der Waals surface area contributed by atoms with Crippen molar-refractivity contribution in [3.05, 3.63) is 45.7 Å². The Balaban J connectivity index is 1.16. The highest BCUT2D eigenvalue weighted by molar-refractivity contribution is 6.35. The van der Waals surface area contributed by atoms with Crippen molar-refractivity contribution >= 4 is 39.9 Å². The number of nitrogens with zero attached hydrogens (tertiary/aromatic N) is 5. The van der Waals surface area contributed by atoms with Crippen LogP contribution < -0.4 is 15.0 Å². The van der Waals surface area contributed by atoms with E-state index in [4.69, 9.17) is 37.9 Å². The molecule has 10 heteroatoms. The molecule has 0 amide bonds. The van der Waals surface area contributed by atoms with E-state index in [1.165, 1.54) is 32.1 Å². The first kappa shape index (κ1) is 28.3. The lowest BCUT2D eigenvalue weighted by atomic mass is 9.95. The number of piperazine rings is 1. The van der Waals surface area contributed by atoms with E-state index in [1.54, 1.807) is 0 Å². The van der Waals surface area contributed by atoms with Crippen molar-refractivity contribution < 1.29 is 9.13 Å². The Bertz CT molecular complexity index is 1520. The number of rotatable bonds is 8. The largest absolute Gasteiger partial charge is 0.447 e. The van der Waals surface area contributed by atoms with Crippen LogP contribution in [0.2, 0.25) is 10.0 Å². The first-order chi connectivity index (χ1) is 20.9. The Morgan fingerprint density at radius 3 is 2.44 bits per heavy atom. The summed E-state index contributed by atoms with van der Waals surface area (Å²) in [7, 11) is 2.07. The topological polar surface area (TPSA) is 56.8 Å². The van der Waals surface area contributed by atoms with E-state index in [2.05, 4.69) is 27.1 Å². The van der Waals surface area contributed by atoms with Crippen molar-refractivity contribution in [2.75, 3.05) is 38.4 Å². The number of aromatic nitrogens is 2. The minimum atomic E-state index is -0.448. The lowest BCUT2D eigenvalue weighted by Crippen LogP contribution is -2.51. The van der Waals surface area contributed by atoms with E-state index in [0.29, 0.717) is 63.6 Å². The number of hydrogen-bond donors (Lipinski definition) is 1. The number of hydrogen-bond acceptors (Lipinski definition) is 7. The molecule has 4 saturated heterocycles. The number of ether oxygens (including phenoxy) is 1. The molecule has 1 aromatic heterocycles. The lowest BCUT2D eigenvalue weighted by Gasteiger charge is -2.37. The van der Waals surface area contributed by atoms with Crippen LogP contribution >= 0.6 is 23.2 Å². The molecule has 2 aromatic carbocycles.